The van der Waals surface area contributed by atoms with E-state index in [0.717, 1.165) is 30.9 Å². The SMILES string of the molecule is CCCCNc1nc(N)nc2c1CCCC2. The van der Waals surface area contributed by atoms with Crippen molar-refractivity contribution in [3.8, 4) is 0 Å². The van der Waals surface area contributed by atoms with E-state index in [1.165, 1.54) is 31.2 Å². The minimum absolute atomic E-state index is 0.402. The largest absolute Gasteiger partial charge is 0.370 e. The summed E-state index contributed by atoms with van der Waals surface area (Å²) in [6, 6.07) is 0. The molecule has 0 atom stereocenters. The van der Waals surface area contributed by atoms with Crippen LogP contribution in [-0.2, 0) is 12.8 Å². The molecular weight excluding hydrogens is 200 g/mol. The van der Waals surface area contributed by atoms with Gasteiger partial charge in [-0.3, -0.25) is 0 Å². The Labute approximate surface area is 96.7 Å². The molecule has 1 aromatic rings. The molecule has 1 aliphatic rings. The Kier molecular flexibility index (Phi) is 3.59. The molecule has 0 spiro atoms. The smallest absolute Gasteiger partial charge is 0.222 e. The summed E-state index contributed by atoms with van der Waals surface area (Å²) < 4.78 is 0. The molecule has 0 bridgehead atoms. The van der Waals surface area contributed by atoms with Gasteiger partial charge in [-0.25, -0.2) is 4.98 Å². The third-order valence-corrected chi connectivity index (χ3v) is 3.02. The number of nitrogen functional groups attached to an aromatic ring is 1. The summed E-state index contributed by atoms with van der Waals surface area (Å²) in [6.07, 6.45) is 6.95. The van der Waals surface area contributed by atoms with Crippen LogP contribution in [0.3, 0.4) is 0 Å². The first-order chi connectivity index (χ1) is 7.81. The van der Waals surface area contributed by atoms with Crippen LogP contribution in [0.1, 0.15) is 43.9 Å². The van der Waals surface area contributed by atoms with Gasteiger partial charge in [0.05, 0.1) is 5.69 Å². The molecule has 88 valence electrons. The molecule has 16 heavy (non-hydrogen) atoms. The van der Waals surface area contributed by atoms with E-state index in [-0.39, 0.29) is 0 Å². The summed E-state index contributed by atoms with van der Waals surface area (Å²) in [5.74, 6) is 1.37. The van der Waals surface area contributed by atoms with Crippen LogP contribution in [0.5, 0.6) is 0 Å². The summed E-state index contributed by atoms with van der Waals surface area (Å²) in [4.78, 5) is 8.64. The second-order valence-corrected chi connectivity index (χ2v) is 4.34. The fraction of sp³-hybridized carbons (Fsp3) is 0.667. The molecule has 0 radical (unpaired) electrons. The van der Waals surface area contributed by atoms with E-state index in [1.807, 2.05) is 0 Å². The molecule has 0 saturated carbocycles. The van der Waals surface area contributed by atoms with Crippen molar-refractivity contribution in [2.75, 3.05) is 17.6 Å². The van der Waals surface area contributed by atoms with Gasteiger partial charge in [-0.1, -0.05) is 13.3 Å². The molecule has 0 aromatic carbocycles. The molecule has 0 saturated heterocycles. The minimum Gasteiger partial charge on any atom is -0.370 e. The van der Waals surface area contributed by atoms with Crippen LogP contribution in [0.4, 0.5) is 11.8 Å². The van der Waals surface area contributed by atoms with Crippen molar-refractivity contribution in [1.29, 1.82) is 0 Å². The molecule has 0 fully saturated rings. The number of nitrogens with zero attached hydrogens (tertiary/aromatic N) is 2. The topological polar surface area (TPSA) is 63.8 Å². The number of hydrogen-bond donors (Lipinski definition) is 2. The average Bonchev–Trinajstić information content (AvgIpc) is 2.29. The second-order valence-electron chi connectivity index (χ2n) is 4.34. The van der Waals surface area contributed by atoms with Crippen molar-refractivity contribution < 1.29 is 0 Å². The number of nitrogens with two attached hydrogens (primary N) is 1. The standard InChI is InChI=1S/C12H20N4/c1-2-3-8-14-11-9-6-4-5-7-10(9)15-12(13)16-11/h2-8H2,1H3,(H3,13,14,15,16). The van der Waals surface area contributed by atoms with Crippen LogP contribution in [0.2, 0.25) is 0 Å². The molecular formula is C12H20N4. The Morgan fingerprint density at radius 2 is 2.06 bits per heavy atom. The molecule has 4 heteroatoms. The van der Waals surface area contributed by atoms with Crippen molar-refractivity contribution in [1.82, 2.24) is 9.97 Å². The van der Waals surface area contributed by atoms with Crippen molar-refractivity contribution >= 4 is 11.8 Å². The normalized spacial score (nSPS) is 14.6. The fourth-order valence-corrected chi connectivity index (χ4v) is 2.14. The van der Waals surface area contributed by atoms with E-state index in [2.05, 4.69) is 22.2 Å². The zero-order valence-corrected chi connectivity index (χ0v) is 9.92. The van der Waals surface area contributed by atoms with Crippen molar-refractivity contribution in [2.24, 2.45) is 0 Å². The van der Waals surface area contributed by atoms with Gasteiger partial charge in [0.15, 0.2) is 0 Å². The molecule has 2 rings (SSSR count). The molecule has 3 N–H and O–H groups in total. The highest BCUT2D eigenvalue weighted by molar-refractivity contribution is 5.50. The molecule has 1 aliphatic carbocycles. The third kappa shape index (κ3) is 2.43. The van der Waals surface area contributed by atoms with Gasteiger partial charge in [-0.2, -0.15) is 4.98 Å². The number of nitrogens with one attached hydrogen (secondary N) is 1. The van der Waals surface area contributed by atoms with Gasteiger partial charge in [0, 0.05) is 12.1 Å². The molecule has 1 aromatic heterocycles. The molecule has 0 aliphatic heterocycles. The number of rotatable bonds is 4. The van der Waals surface area contributed by atoms with Gasteiger partial charge >= 0.3 is 0 Å². The van der Waals surface area contributed by atoms with Crippen molar-refractivity contribution in [3.63, 3.8) is 0 Å². The number of hydrogen-bond acceptors (Lipinski definition) is 4. The van der Waals surface area contributed by atoms with E-state index >= 15 is 0 Å². The maximum Gasteiger partial charge on any atom is 0.222 e. The van der Waals surface area contributed by atoms with Crippen LogP contribution >= 0.6 is 0 Å². The minimum atomic E-state index is 0.402. The highest BCUT2D eigenvalue weighted by Gasteiger charge is 2.16. The van der Waals surface area contributed by atoms with E-state index in [4.69, 9.17) is 5.73 Å². The van der Waals surface area contributed by atoms with E-state index in [0.29, 0.717) is 5.95 Å². The van der Waals surface area contributed by atoms with Gasteiger partial charge < -0.3 is 11.1 Å². The maximum atomic E-state index is 5.72. The molecule has 0 amide bonds. The Morgan fingerprint density at radius 1 is 1.25 bits per heavy atom. The van der Waals surface area contributed by atoms with Gasteiger partial charge in [-0.05, 0) is 32.1 Å². The highest BCUT2D eigenvalue weighted by Crippen LogP contribution is 2.25. The van der Waals surface area contributed by atoms with Crippen LogP contribution < -0.4 is 11.1 Å². The number of aromatic nitrogens is 2. The zero-order chi connectivity index (χ0) is 11.4. The Balaban J connectivity index is 2.18. The number of fused-ring (bicyclic) bond motifs is 1. The summed E-state index contributed by atoms with van der Waals surface area (Å²) in [5.41, 5.74) is 8.16. The summed E-state index contributed by atoms with van der Waals surface area (Å²) >= 11 is 0. The zero-order valence-electron chi connectivity index (χ0n) is 9.92. The predicted molar refractivity (Wildman–Crippen MR) is 66.5 cm³/mol. The second kappa shape index (κ2) is 5.14. The summed E-state index contributed by atoms with van der Waals surface area (Å²) in [5, 5.41) is 3.38. The van der Waals surface area contributed by atoms with Crippen molar-refractivity contribution in [2.45, 2.75) is 45.4 Å². The average molecular weight is 220 g/mol. The highest BCUT2D eigenvalue weighted by atomic mass is 15.1. The Morgan fingerprint density at radius 3 is 2.88 bits per heavy atom. The quantitative estimate of drug-likeness (QED) is 0.763. The number of aryl methyl sites for hydroxylation is 1. The van der Waals surface area contributed by atoms with Crippen LogP contribution in [0, 0.1) is 0 Å². The van der Waals surface area contributed by atoms with Crippen LogP contribution in [0.25, 0.3) is 0 Å². The Hall–Kier alpha value is -1.32. The molecule has 0 unspecified atom stereocenters. The lowest BCUT2D eigenvalue weighted by Crippen LogP contribution is -2.15. The van der Waals surface area contributed by atoms with Crippen LogP contribution in [0.15, 0.2) is 0 Å². The third-order valence-electron chi connectivity index (χ3n) is 3.02. The molecule has 1 heterocycles. The summed E-state index contributed by atoms with van der Waals surface area (Å²) in [6.45, 7) is 3.16. The van der Waals surface area contributed by atoms with Gasteiger partial charge in [0.25, 0.3) is 0 Å². The maximum absolute atomic E-state index is 5.72. The summed E-state index contributed by atoms with van der Waals surface area (Å²) in [7, 11) is 0. The first-order valence-corrected chi connectivity index (χ1v) is 6.20. The first kappa shape index (κ1) is 11.2. The monoisotopic (exact) mass is 220 g/mol. The lowest BCUT2D eigenvalue weighted by atomic mass is 9.96. The van der Waals surface area contributed by atoms with E-state index in [9.17, 15) is 0 Å². The van der Waals surface area contributed by atoms with Gasteiger partial charge in [-0.15, -0.1) is 0 Å². The lowest BCUT2D eigenvalue weighted by molar-refractivity contribution is 0.664. The van der Waals surface area contributed by atoms with Crippen LogP contribution in [-0.4, -0.2) is 16.5 Å². The van der Waals surface area contributed by atoms with E-state index < -0.39 is 0 Å². The first-order valence-electron chi connectivity index (χ1n) is 6.20. The Bertz CT molecular complexity index is 362. The van der Waals surface area contributed by atoms with Gasteiger partial charge in [0.2, 0.25) is 5.95 Å². The fourth-order valence-electron chi connectivity index (χ4n) is 2.14. The van der Waals surface area contributed by atoms with Gasteiger partial charge in [0.1, 0.15) is 5.82 Å². The number of unbranched alkanes of at least 4 members (excludes halogenated alkanes) is 1. The van der Waals surface area contributed by atoms with E-state index in [1.54, 1.807) is 0 Å². The molecule has 4 nitrogen and oxygen atoms in total. The van der Waals surface area contributed by atoms with Crippen molar-refractivity contribution in [3.05, 3.63) is 11.3 Å². The predicted octanol–water partition coefficient (Wildman–Crippen LogP) is 2.15. The lowest BCUT2D eigenvalue weighted by Gasteiger charge is -2.18. The number of anilines is 2.